The summed E-state index contributed by atoms with van der Waals surface area (Å²) in [5, 5.41) is 0.692. The maximum atomic E-state index is 5.88. The van der Waals surface area contributed by atoms with E-state index in [-0.39, 0.29) is 6.04 Å². The first-order valence-corrected chi connectivity index (χ1v) is 7.70. The minimum atomic E-state index is 0.0575. The molecule has 0 radical (unpaired) electrons. The molecule has 23 heavy (non-hydrogen) atoms. The Balaban J connectivity index is 1.79. The number of ether oxygens (including phenoxy) is 1. The summed E-state index contributed by atoms with van der Waals surface area (Å²) in [7, 11) is 0. The van der Waals surface area contributed by atoms with Crippen molar-refractivity contribution >= 4 is 11.6 Å². The minimum absolute atomic E-state index is 0.0575. The van der Waals surface area contributed by atoms with E-state index in [0.29, 0.717) is 5.02 Å². The molecule has 1 unspecified atom stereocenters. The normalized spacial score (nSPS) is 11.9. The lowest BCUT2D eigenvalue weighted by Crippen LogP contribution is -2.08. The van der Waals surface area contributed by atoms with Gasteiger partial charge in [-0.25, -0.2) is 4.98 Å². The number of imidazole rings is 1. The van der Waals surface area contributed by atoms with Gasteiger partial charge >= 0.3 is 0 Å². The molecule has 2 aromatic carbocycles. The standard InChI is InChI=1S/C19H17ClN2O/c1-3-19(22-13-12-21-14(22)2)15-4-8-17(9-5-15)23-18-10-6-16(20)7-11-18/h3-13,19H,1H2,2H3. The van der Waals surface area contributed by atoms with Gasteiger partial charge in [0.25, 0.3) is 0 Å². The Morgan fingerprint density at radius 1 is 1.09 bits per heavy atom. The Morgan fingerprint density at radius 3 is 2.22 bits per heavy atom. The molecule has 0 bridgehead atoms. The highest BCUT2D eigenvalue weighted by atomic mass is 35.5. The Labute approximate surface area is 140 Å². The summed E-state index contributed by atoms with van der Waals surface area (Å²) in [5.41, 5.74) is 1.13. The molecule has 3 aromatic rings. The van der Waals surface area contributed by atoms with Crippen LogP contribution in [-0.4, -0.2) is 9.55 Å². The molecule has 1 heterocycles. The van der Waals surface area contributed by atoms with Crippen LogP contribution in [0.1, 0.15) is 17.4 Å². The molecule has 1 atom stereocenters. The van der Waals surface area contributed by atoms with Gasteiger partial charge in [-0.2, -0.15) is 0 Å². The molecule has 0 aliphatic carbocycles. The van der Waals surface area contributed by atoms with Crippen molar-refractivity contribution in [3.8, 4) is 11.5 Å². The molecule has 0 amide bonds. The van der Waals surface area contributed by atoms with Gasteiger partial charge in [0.05, 0.1) is 6.04 Å². The third kappa shape index (κ3) is 3.46. The first-order chi connectivity index (χ1) is 11.2. The highest BCUT2D eigenvalue weighted by molar-refractivity contribution is 6.30. The Bertz CT molecular complexity index is 791. The van der Waals surface area contributed by atoms with Crippen molar-refractivity contribution in [2.75, 3.05) is 0 Å². The molecule has 0 fully saturated rings. The lowest BCUT2D eigenvalue weighted by atomic mass is 10.1. The van der Waals surface area contributed by atoms with Gasteiger partial charge in [0.2, 0.25) is 0 Å². The van der Waals surface area contributed by atoms with Crippen molar-refractivity contribution in [1.82, 2.24) is 9.55 Å². The number of nitrogens with zero attached hydrogens (tertiary/aromatic N) is 2. The summed E-state index contributed by atoms with van der Waals surface area (Å²) in [5.74, 6) is 2.49. The van der Waals surface area contributed by atoms with Crippen molar-refractivity contribution in [2.45, 2.75) is 13.0 Å². The Kier molecular flexibility index (Phi) is 4.49. The fraction of sp³-hybridized carbons (Fsp3) is 0.105. The summed E-state index contributed by atoms with van der Waals surface area (Å²) in [6.07, 6.45) is 5.66. The number of benzene rings is 2. The molecular formula is C19H17ClN2O. The second-order valence-corrected chi connectivity index (χ2v) is 5.62. The van der Waals surface area contributed by atoms with Crippen LogP contribution in [0, 0.1) is 6.92 Å². The molecule has 0 spiro atoms. The Hall–Kier alpha value is -2.52. The SMILES string of the molecule is C=CC(c1ccc(Oc2ccc(Cl)cc2)cc1)n1ccnc1C. The van der Waals surface area contributed by atoms with E-state index in [1.54, 1.807) is 18.3 Å². The molecule has 3 rings (SSSR count). The fourth-order valence-electron chi connectivity index (χ4n) is 2.46. The summed E-state index contributed by atoms with van der Waals surface area (Å²) in [6, 6.07) is 15.3. The maximum absolute atomic E-state index is 5.88. The average molecular weight is 325 g/mol. The van der Waals surface area contributed by atoms with Gasteiger partial charge in [-0.05, 0) is 48.9 Å². The first kappa shape index (κ1) is 15.4. The lowest BCUT2D eigenvalue weighted by molar-refractivity contribution is 0.482. The van der Waals surface area contributed by atoms with Crippen LogP contribution < -0.4 is 4.74 Å². The van der Waals surface area contributed by atoms with Crippen molar-refractivity contribution in [3.05, 3.63) is 90.0 Å². The Morgan fingerprint density at radius 2 is 1.70 bits per heavy atom. The van der Waals surface area contributed by atoms with E-state index >= 15 is 0 Å². The maximum Gasteiger partial charge on any atom is 0.127 e. The van der Waals surface area contributed by atoms with Crippen LogP contribution in [0.25, 0.3) is 0 Å². The molecule has 0 aliphatic heterocycles. The van der Waals surface area contributed by atoms with Crippen molar-refractivity contribution in [2.24, 2.45) is 0 Å². The number of rotatable bonds is 5. The molecule has 1 aromatic heterocycles. The van der Waals surface area contributed by atoms with E-state index in [2.05, 4.69) is 16.1 Å². The topological polar surface area (TPSA) is 27.1 Å². The van der Waals surface area contributed by atoms with E-state index in [9.17, 15) is 0 Å². The number of halogens is 1. The number of allylic oxidation sites excluding steroid dienone is 1. The number of aryl methyl sites for hydroxylation is 1. The molecule has 0 aliphatic rings. The molecule has 0 N–H and O–H groups in total. The summed E-state index contributed by atoms with van der Waals surface area (Å²) in [6.45, 7) is 5.92. The van der Waals surface area contributed by atoms with E-state index in [1.807, 2.05) is 55.6 Å². The molecule has 116 valence electrons. The third-order valence-electron chi connectivity index (χ3n) is 3.66. The zero-order valence-electron chi connectivity index (χ0n) is 12.8. The number of aromatic nitrogens is 2. The van der Waals surface area contributed by atoms with Gasteiger partial charge in [0.15, 0.2) is 0 Å². The van der Waals surface area contributed by atoms with Crippen LogP contribution in [0.2, 0.25) is 5.02 Å². The second-order valence-electron chi connectivity index (χ2n) is 5.19. The lowest BCUT2D eigenvalue weighted by Gasteiger charge is -2.17. The van der Waals surface area contributed by atoms with Gasteiger partial charge in [-0.15, -0.1) is 6.58 Å². The van der Waals surface area contributed by atoms with Crippen molar-refractivity contribution in [3.63, 3.8) is 0 Å². The molecular weight excluding hydrogens is 308 g/mol. The molecule has 0 saturated heterocycles. The van der Waals surface area contributed by atoms with E-state index < -0.39 is 0 Å². The van der Waals surface area contributed by atoms with Crippen molar-refractivity contribution < 1.29 is 4.74 Å². The second kappa shape index (κ2) is 6.71. The molecule has 4 heteroatoms. The van der Waals surface area contributed by atoms with Crippen LogP contribution in [0.15, 0.2) is 73.6 Å². The number of hydrogen-bond acceptors (Lipinski definition) is 2. The first-order valence-electron chi connectivity index (χ1n) is 7.33. The highest BCUT2D eigenvalue weighted by Crippen LogP contribution is 2.26. The summed E-state index contributed by atoms with van der Waals surface area (Å²) >= 11 is 5.88. The largest absolute Gasteiger partial charge is 0.457 e. The van der Waals surface area contributed by atoms with Crippen LogP contribution >= 0.6 is 11.6 Å². The third-order valence-corrected chi connectivity index (χ3v) is 3.91. The predicted molar refractivity (Wildman–Crippen MR) is 93.3 cm³/mol. The van der Waals surface area contributed by atoms with E-state index in [1.165, 1.54) is 0 Å². The van der Waals surface area contributed by atoms with Crippen LogP contribution in [0.5, 0.6) is 11.5 Å². The van der Waals surface area contributed by atoms with Gasteiger partial charge in [0.1, 0.15) is 17.3 Å². The van der Waals surface area contributed by atoms with Crippen LogP contribution in [0.3, 0.4) is 0 Å². The van der Waals surface area contributed by atoms with Gasteiger partial charge in [-0.1, -0.05) is 29.8 Å². The van der Waals surface area contributed by atoms with Gasteiger partial charge in [-0.3, -0.25) is 0 Å². The smallest absolute Gasteiger partial charge is 0.127 e. The zero-order valence-corrected chi connectivity index (χ0v) is 13.6. The predicted octanol–water partition coefficient (Wildman–Crippen LogP) is 5.41. The number of hydrogen-bond donors (Lipinski definition) is 0. The minimum Gasteiger partial charge on any atom is -0.457 e. The summed E-state index contributed by atoms with van der Waals surface area (Å²) < 4.78 is 7.90. The van der Waals surface area contributed by atoms with E-state index in [4.69, 9.17) is 16.3 Å². The average Bonchev–Trinajstić information content (AvgIpc) is 2.98. The van der Waals surface area contributed by atoms with Gasteiger partial charge < -0.3 is 9.30 Å². The molecule has 3 nitrogen and oxygen atoms in total. The highest BCUT2D eigenvalue weighted by Gasteiger charge is 2.11. The van der Waals surface area contributed by atoms with Gasteiger partial charge in [0, 0.05) is 17.4 Å². The summed E-state index contributed by atoms with van der Waals surface area (Å²) in [4.78, 5) is 4.27. The molecule has 0 saturated carbocycles. The monoisotopic (exact) mass is 324 g/mol. The fourth-order valence-corrected chi connectivity index (χ4v) is 2.59. The quantitative estimate of drug-likeness (QED) is 0.586. The van der Waals surface area contributed by atoms with Crippen LogP contribution in [-0.2, 0) is 0 Å². The van der Waals surface area contributed by atoms with Crippen molar-refractivity contribution in [1.29, 1.82) is 0 Å². The zero-order chi connectivity index (χ0) is 16.2. The van der Waals surface area contributed by atoms with E-state index in [0.717, 1.165) is 22.9 Å². The van der Waals surface area contributed by atoms with Crippen LogP contribution in [0.4, 0.5) is 0 Å².